The van der Waals surface area contributed by atoms with E-state index in [1.807, 2.05) is 0 Å². The fourth-order valence-electron chi connectivity index (χ4n) is 0.218. The minimum absolute atomic E-state index is 3.97. The summed E-state index contributed by atoms with van der Waals surface area (Å²) >= 11 is 0. The second kappa shape index (κ2) is 4.59. The lowest BCUT2D eigenvalue weighted by molar-refractivity contribution is -0.0900. The predicted molar refractivity (Wildman–Crippen MR) is 32.2 cm³/mol. The first-order valence-electron chi connectivity index (χ1n) is 5.62. The van der Waals surface area contributed by atoms with Gasteiger partial charge in [-0.25, -0.2) is 0 Å². The molecule has 0 bridgehead atoms. The summed E-state index contributed by atoms with van der Waals surface area (Å²) in [7, 11) is 0. The molecule has 0 rings (SSSR count). The molecule has 0 radical (unpaired) electrons. The van der Waals surface area contributed by atoms with E-state index in [1.165, 1.54) is 0 Å². The summed E-state index contributed by atoms with van der Waals surface area (Å²) in [5.41, 5.74) is 0. The molecule has 5 N–H and O–H groups in total. The minimum Gasteiger partial charge on any atom is -0.394 e. The topological polar surface area (TPSA) is 101 Å². The van der Waals surface area contributed by atoms with Crippen LogP contribution in [0, 0.1) is 0 Å². The van der Waals surface area contributed by atoms with E-state index in [2.05, 4.69) is 0 Å². The van der Waals surface area contributed by atoms with Gasteiger partial charge in [-0.05, 0) is 0 Å². The molecule has 0 aromatic heterocycles. The predicted octanol–water partition coefficient (Wildman–Crippen LogP) is -2.95. The van der Waals surface area contributed by atoms with Crippen LogP contribution in [0.5, 0.6) is 0 Å². The SMILES string of the molecule is [2H]C([2H])(O)C([2H])(O)C([2H])(O)C([2H])(O)C([2H])([2H])O. The smallest absolute Gasteiger partial charge is 0.110 e. The molecule has 2 atom stereocenters. The van der Waals surface area contributed by atoms with E-state index in [0.717, 1.165) is 0 Å². The van der Waals surface area contributed by atoms with Crippen molar-refractivity contribution in [3.63, 3.8) is 0 Å². The normalized spacial score (nSPS) is 42.7. The Bertz CT molecular complexity index is 262. The standard InChI is InChI=1S/C5H12O5/c6-1-3(8)5(10)4(9)2-7/h3-10H,1-2H2/i1D2,2D2,3D,4D,5D. The minimum atomic E-state index is -4.30. The third kappa shape index (κ3) is 2.59. The van der Waals surface area contributed by atoms with Gasteiger partial charge >= 0.3 is 0 Å². The highest BCUT2D eigenvalue weighted by atomic mass is 16.4. The lowest BCUT2D eigenvalue weighted by atomic mass is 10.1. The summed E-state index contributed by atoms with van der Waals surface area (Å²) in [6.07, 6.45) is -12.7. The van der Waals surface area contributed by atoms with Crippen molar-refractivity contribution in [2.24, 2.45) is 0 Å². The van der Waals surface area contributed by atoms with E-state index >= 15 is 0 Å². The maximum absolute atomic E-state index is 9.23. The highest BCUT2D eigenvalue weighted by Crippen LogP contribution is 1.97. The van der Waals surface area contributed by atoms with Crippen molar-refractivity contribution in [3.8, 4) is 0 Å². The summed E-state index contributed by atoms with van der Waals surface area (Å²) in [6, 6.07) is 0. The van der Waals surface area contributed by atoms with E-state index in [4.69, 9.17) is 30.0 Å². The maximum atomic E-state index is 9.23. The Morgan fingerprint density at radius 1 is 1.10 bits per heavy atom. The van der Waals surface area contributed by atoms with Crippen LogP contribution in [0.1, 0.15) is 9.60 Å². The molecule has 2 unspecified atom stereocenters. The van der Waals surface area contributed by atoms with Gasteiger partial charge in [-0.15, -0.1) is 0 Å². The van der Waals surface area contributed by atoms with Crippen LogP contribution in [0.4, 0.5) is 0 Å². The second-order valence-electron chi connectivity index (χ2n) is 1.27. The van der Waals surface area contributed by atoms with E-state index in [-0.39, 0.29) is 0 Å². The summed E-state index contributed by atoms with van der Waals surface area (Å²) in [4.78, 5) is 0. The quantitative estimate of drug-likeness (QED) is 0.302. The number of rotatable bonds is 4. The van der Waals surface area contributed by atoms with Crippen LogP contribution in [0.3, 0.4) is 0 Å². The average Bonchev–Trinajstić information content (AvgIpc) is 1.98. The molecule has 10 heavy (non-hydrogen) atoms. The molecule has 0 fully saturated rings. The van der Waals surface area contributed by atoms with E-state index in [0.29, 0.717) is 0 Å². The van der Waals surface area contributed by atoms with Gasteiger partial charge in [-0.3, -0.25) is 0 Å². The molecule has 0 saturated heterocycles. The Labute approximate surface area is 68.0 Å². The molecule has 0 aliphatic rings. The molecule has 0 heterocycles. The molecule has 0 aliphatic carbocycles. The average molecular weight is 159 g/mol. The van der Waals surface area contributed by atoms with Gasteiger partial charge in [0.2, 0.25) is 0 Å². The molecule has 0 aromatic rings. The zero-order valence-corrected chi connectivity index (χ0v) is 4.74. The van der Waals surface area contributed by atoms with Gasteiger partial charge in [-0.1, -0.05) is 0 Å². The van der Waals surface area contributed by atoms with Gasteiger partial charge in [-0.2, -0.15) is 0 Å². The molecule has 0 aliphatic heterocycles. The molecule has 0 saturated carbocycles. The van der Waals surface area contributed by atoms with E-state index in [9.17, 15) is 5.11 Å². The highest BCUT2D eigenvalue weighted by Gasteiger charge is 2.22. The maximum Gasteiger partial charge on any atom is 0.110 e. The Kier molecular flexibility index (Phi) is 1.40. The molecular weight excluding hydrogens is 140 g/mol. The fourth-order valence-corrected chi connectivity index (χ4v) is 0.218. The van der Waals surface area contributed by atoms with Crippen molar-refractivity contribution >= 4 is 0 Å². The number of hydrogen-bond donors (Lipinski definition) is 5. The zero-order valence-electron chi connectivity index (χ0n) is 11.7. The van der Waals surface area contributed by atoms with Crippen LogP contribution in [0.25, 0.3) is 0 Å². The lowest BCUT2D eigenvalue weighted by Crippen LogP contribution is -2.41. The Hall–Kier alpha value is -0.200. The van der Waals surface area contributed by atoms with Crippen LogP contribution >= 0.6 is 0 Å². The summed E-state index contributed by atoms with van der Waals surface area (Å²) in [6.45, 7) is -7.94. The highest BCUT2D eigenvalue weighted by molar-refractivity contribution is 4.73. The van der Waals surface area contributed by atoms with E-state index in [1.54, 1.807) is 0 Å². The Morgan fingerprint density at radius 2 is 1.40 bits per heavy atom. The van der Waals surface area contributed by atoms with Crippen molar-refractivity contribution in [1.82, 2.24) is 0 Å². The monoisotopic (exact) mass is 159 g/mol. The number of hydrogen-bond acceptors (Lipinski definition) is 5. The molecule has 5 nitrogen and oxygen atoms in total. The summed E-state index contributed by atoms with van der Waals surface area (Å²) < 4.78 is 46.9. The number of aliphatic hydroxyl groups is 5. The molecule has 62 valence electrons. The van der Waals surface area contributed by atoms with Gasteiger partial charge < -0.3 is 25.5 Å². The zero-order chi connectivity index (χ0) is 14.5. The van der Waals surface area contributed by atoms with Crippen molar-refractivity contribution in [1.29, 1.82) is 0 Å². The van der Waals surface area contributed by atoms with E-state index < -0.39 is 31.4 Å². The van der Waals surface area contributed by atoms with Gasteiger partial charge in [0.1, 0.15) is 18.2 Å². The fraction of sp³-hybridized carbons (Fsp3) is 1.00. The third-order valence-corrected chi connectivity index (χ3v) is 0.660. The first-order valence-corrected chi connectivity index (χ1v) is 2.12. The van der Waals surface area contributed by atoms with Crippen LogP contribution in [-0.4, -0.2) is 56.9 Å². The third-order valence-electron chi connectivity index (χ3n) is 0.660. The van der Waals surface area contributed by atoms with Crippen LogP contribution in [0.15, 0.2) is 0 Å². The summed E-state index contributed by atoms with van der Waals surface area (Å²) in [5, 5.41) is 44.9. The van der Waals surface area contributed by atoms with Crippen molar-refractivity contribution < 1.29 is 35.1 Å². The van der Waals surface area contributed by atoms with Gasteiger partial charge in [0.05, 0.1) is 22.7 Å². The lowest BCUT2D eigenvalue weighted by Gasteiger charge is -2.19. The van der Waals surface area contributed by atoms with Crippen LogP contribution in [-0.2, 0) is 0 Å². The second-order valence-corrected chi connectivity index (χ2v) is 1.27. The first kappa shape index (κ1) is 3.04. The molecular formula is C5H12O5. The summed E-state index contributed by atoms with van der Waals surface area (Å²) in [5.74, 6) is 0. The van der Waals surface area contributed by atoms with Crippen LogP contribution < -0.4 is 0 Å². The Balaban J connectivity index is 5.73. The van der Waals surface area contributed by atoms with Crippen molar-refractivity contribution in [2.75, 3.05) is 13.1 Å². The van der Waals surface area contributed by atoms with Crippen molar-refractivity contribution in [3.05, 3.63) is 0 Å². The van der Waals surface area contributed by atoms with Gasteiger partial charge in [0.25, 0.3) is 0 Å². The van der Waals surface area contributed by atoms with Crippen LogP contribution in [0.2, 0.25) is 0 Å². The van der Waals surface area contributed by atoms with Crippen molar-refractivity contribution in [2.45, 2.75) is 18.2 Å². The Morgan fingerprint density at radius 3 is 1.60 bits per heavy atom. The van der Waals surface area contributed by atoms with Gasteiger partial charge in [0.15, 0.2) is 0 Å². The molecule has 0 amide bonds. The largest absolute Gasteiger partial charge is 0.394 e. The molecule has 5 heteroatoms. The van der Waals surface area contributed by atoms with Gasteiger partial charge in [0, 0.05) is 0 Å². The molecule has 0 spiro atoms. The first-order chi connectivity index (χ1) is 7.00. The molecule has 0 aromatic carbocycles.